The third kappa shape index (κ3) is 4.43. The van der Waals surface area contributed by atoms with Crippen molar-refractivity contribution in [3.8, 4) is 18.1 Å². The third-order valence-corrected chi connectivity index (χ3v) is 7.46. The van der Waals surface area contributed by atoms with Crippen LogP contribution in [0.3, 0.4) is 0 Å². The van der Waals surface area contributed by atoms with Crippen LogP contribution in [0.2, 0.25) is 0 Å². The lowest BCUT2D eigenvalue weighted by atomic mass is 9.73. The predicted octanol–water partition coefficient (Wildman–Crippen LogP) is 4.41. The van der Waals surface area contributed by atoms with Crippen LogP contribution in [0.1, 0.15) is 42.0 Å². The fourth-order valence-corrected chi connectivity index (χ4v) is 5.43. The molecule has 2 aromatic rings. The number of hydrogen-bond donors (Lipinski definition) is 0. The number of fused-ring (bicyclic) bond motifs is 4. The van der Waals surface area contributed by atoms with E-state index in [4.69, 9.17) is 15.9 Å². The average Bonchev–Trinajstić information content (AvgIpc) is 2.87. The maximum Gasteiger partial charge on any atom is 0.410 e. The first kappa shape index (κ1) is 21.8. The van der Waals surface area contributed by atoms with E-state index in [0.717, 1.165) is 55.6 Å². The first-order valence-corrected chi connectivity index (χ1v) is 11.7. The van der Waals surface area contributed by atoms with Crippen LogP contribution in [0.4, 0.5) is 9.18 Å². The SMILES string of the molecule is C#CCOc1ccc2c(c1)CCN(C(=O)OCC13CCN(CC1)CC3)[C@@H]2c1ccc(F)cc1. The van der Waals surface area contributed by atoms with Crippen LogP contribution in [0, 0.1) is 23.6 Å². The summed E-state index contributed by atoms with van der Waals surface area (Å²) in [4.78, 5) is 17.6. The van der Waals surface area contributed by atoms with E-state index in [1.807, 2.05) is 18.2 Å². The molecule has 0 saturated carbocycles. The van der Waals surface area contributed by atoms with Gasteiger partial charge in [0.1, 0.15) is 18.2 Å². The maximum absolute atomic E-state index is 13.6. The molecule has 1 atom stereocenters. The van der Waals surface area contributed by atoms with Crippen molar-refractivity contribution in [1.82, 2.24) is 9.80 Å². The Labute approximate surface area is 194 Å². The van der Waals surface area contributed by atoms with Gasteiger partial charge in [0, 0.05) is 12.0 Å². The lowest BCUT2D eigenvalue weighted by Crippen LogP contribution is -2.51. The maximum atomic E-state index is 13.6. The Kier molecular flexibility index (Phi) is 5.99. The third-order valence-electron chi connectivity index (χ3n) is 7.46. The molecule has 3 saturated heterocycles. The zero-order valence-corrected chi connectivity index (χ0v) is 18.8. The van der Waals surface area contributed by atoms with Gasteiger partial charge in [0.25, 0.3) is 0 Å². The molecule has 0 radical (unpaired) electrons. The van der Waals surface area contributed by atoms with Crippen molar-refractivity contribution in [3.63, 3.8) is 0 Å². The van der Waals surface area contributed by atoms with Gasteiger partial charge in [-0.15, -0.1) is 6.42 Å². The summed E-state index contributed by atoms with van der Waals surface area (Å²) < 4.78 is 25.2. The molecule has 2 bridgehead atoms. The van der Waals surface area contributed by atoms with Crippen LogP contribution in [0.15, 0.2) is 42.5 Å². The van der Waals surface area contributed by atoms with Crippen LogP contribution in [0.25, 0.3) is 0 Å². The fraction of sp³-hybridized carbons (Fsp3) is 0.444. The van der Waals surface area contributed by atoms with E-state index in [1.165, 1.54) is 12.1 Å². The molecule has 5 nitrogen and oxygen atoms in total. The summed E-state index contributed by atoms with van der Waals surface area (Å²) in [5.41, 5.74) is 3.08. The molecule has 0 spiro atoms. The van der Waals surface area contributed by atoms with Gasteiger partial charge in [-0.1, -0.05) is 24.1 Å². The molecule has 33 heavy (non-hydrogen) atoms. The van der Waals surface area contributed by atoms with Gasteiger partial charge in [-0.3, -0.25) is 4.90 Å². The zero-order chi connectivity index (χ0) is 22.8. The minimum Gasteiger partial charge on any atom is -0.481 e. The Hall–Kier alpha value is -3.04. The number of ether oxygens (including phenoxy) is 2. The Balaban J connectivity index is 1.39. The monoisotopic (exact) mass is 448 g/mol. The molecule has 0 N–H and O–H groups in total. The van der Waals surface area contributed by atoms with Gasteiger partial charge in [0.05, 0.1) is 12.6 Å². The van der Waals surface area contributed by atoms with Gasteiger partial charge in [0.15, 0.2) is 0 Å². The highest BCUT2D eigenvalue weighted by molar-refractivity contribution is 5.70. The summed E-state index contributed by atoms with van der Waals surface area (Å²) >= 11 is 0. The van der Waals surface area contributed by atoms with Crippen LogP contribution in [0.5, 0.6) is 5.75 Å². The molecule has 3 fully saturated rings. The summed E-state index contributed by atoms with van der Waals surface area (Å²) in [6.45, 7) is 4.48. The van der Waals surface area contributed by atoms with Crippen molar-refractivity contribution in [1.29, 1.82) is 0 Å². The number of terminal acetylenes is 1. The van der Waals surface area contributed by atoms with E-state index in [9.17, 15) is 9.18 Å². The van der Waals surface area contributed by atoms with Crippen LogP contribution >= 0.6 is 0 Å². The highest BCUT2D eigenvalue weighted by atomic mass is 19.1. The van der Waals surface area contributed by atoms with Gasteiger partial charge in [0.2, 0.25) is 0 Å². The number of rotatable bonds is 5. The second-order valence-corrected chi connectivity index (χ2v) is 9.40. The van der Waals surface area contributed by atoms with E-state index in [-0.39, 0.29) is 30.0 Å². The van der Waals surface area contributed by atoms with Gasteiger partial charge in [-0.05, 0) is 86.3 Å². The van der Waals surface area contributed by atoms with E-state index in [2.05, 4.69) is 10.8 Å². The normalized spacial score (nSPS) is 25.8. The minimum atomic E-state index is -0.339. The summed E-state index contributed by atoms with van der Waals surface area (Å²) in [6.07, 6.45) is 8.97. The van der Waals surface area contributed by atoms with Crippen molar-refractivity contribution >= 4 is 6.09 Å². The number of nitrogens with zero attached hydrogens (tertiary/aromatic N) is 2. The molecule has 4 heterocycles. The van der Waals surface area contributed by atoms with E-state index in [1.54, 1.807) is 17.0 Å². The predicted molar refractivity (Wildman–Crippen MR) is 123 cm³/mol. The Morgan fingerprint density at radius 1 is 1.09 bits per heavy atom. The molecular weight excluding hydrogens is 419 g/mol. The molecule has 1 amide bonds. The minimum absolute atomic E-state index is 0.118. The number of piperidine rings is 3. The first-order chi connectivity index (χ1) is 16.1. The Morgan fingerprint density at radius 3 is 2.52 bits per heavy atom. The van der Waals surface area contributed by atoms with Crippen molar-refractivity contribution in [2.75, 3.05) is 39.4 Å². The highest BCUT2D eigenvalue weighted by Crippen LogP contribution is 2.41. The molecule has 2 aromatic carbocycles. The molecule has 4 aliphatic rings. The number of halogens is 1. The van der Waals surface area contributed by atoms with E-state index < -0.39 is 0 Å². The number of amides is 1. The highest BCUT2D eigenvalue weighted by Gasteiger charge is 2.41. The lowest BCUT2D eigenvalue weighted by Gasteiger charge is -2.48. The van der Waals surface area contributed by atoms with E-state index >= 15 is 0 Å². The average molecular weight is 449 g/mol. The molecular formula is C27H29FN2O3. The molecule has 6 heteroatoms. The quantitative estimate of drug-likeness (QED) is 0.636. The van der Waals surface area contributed by atoms with Crippen molar-refractivity contribution in [2.45, 2.75) is 31.7 Å². The standard InChI is InChI=1S/C27H29FN2O3/c1-2-17-32-23-7-8-24-21(18-23)9-13-30(25(24)20-3-5-22(28)6-4-20)26(31)33-19-27-10-14-29(15-11-27)16-12-27/h1,3-8,18,25H,9-17,19H2/t25-/m1/s1. The summed E-state index contributed by atoms with van der Waals surface area (Å²) in [5.74, 6) is 2.89. The zero-order valence-electron chi connectivity index (χ0n) is 18.8. The Morgan fingerprint density at radius 2 is 1.82 bits per heavy atom. The van der Waals surface area contributed by atoms with Crippen molar-refractivity contribution < 1.29 is 18.7 Å². The summed E-state index contributed by atoms with van der Waals surface area (Å²) in [5, 5.41) is 0. The first-order valence-electron chi connectivity index (χ1n) is 11.7. The van der Waals surface area contributed by atoms with Gasteiger partial charge in [-0.2, -0.15) is 0 Å². The second kappa shape index (κ2) is 9.07. The molecule has 172 valence electrons. The number of hydrogen-bond acceptors (Lipinski definition) is 4. The smallest absolute Gasteiger partial charge is 0.410 e. The molecule has 0 aliphatic carbocycles. The van der Waals surface area contributed by atoms with Gasteiger partial charge >= 0.3 is 6.09 Å². The summed E-state index contributed by atoms with van der Waals surface area (Å²) in [6, 6.07) is 11.9. The van der Waals surface area contributed by atoms with Gasteiger partial charge < -0.3 is 14.4 Å². The van der Waals surface area contributed by atoms with E-state index in [0.29, 0.717) is 25.3 Å². The number of carbonyl (C=O) groups excluding carboxylic acids is 1. The lowest BCUT2D eigenvalue weighted by molar-refractivity contribution is -0.0300. The molecule has 0 unspecified atom stereocenters. The molecule has 0 aromatic heterocycles. The fourth-order valence-electron chi connectivity index (χ4n) is 5.43. The molecule has 4 aliphatic heterocycles. The van der Waals surface area contributed by atoms with Crippen LogP contribution in [-0.4, -0.2) is 55.3 Å². The molecule has 6 rings (SSSR count). The van der Waals surface area contributed by atoms with Crippen molar-refractivity contribution in [3.05, 3.63) is 65.0 Å². The number of carbonyl (C=O) groups is 1. The topological polar surface area (TPSA) is 42.0 Å². The largest absolute Gasteiger partial charge is 0.481 e. The second-order valence-electron chi connectivity index (χ2n) is 9.40. The Bertz CT molecular complexity index is 1040. The van der Waals surface area contributed by atoms with Crippen molar-refractivity contribution in [2.24, 2.45) is 5.41 Å². The van der Waals surface area contributed by atoms with Crippen LogP contribution < -0.4 is 4.74 Å². The number of benzene rings is 2. The van der Waals surface area contributed by atoms with Crippen LogP contribution in [-0.2, 0) is 11.2 Å². The summed E-state index contributed by atoms with van der Waals surface area (Å²) in [7, 11) is 0. The van der Waals surface area contributed by atoms with Gasteiger partial charge in [-0.25, -0.2) is 9.18 Å².